The van der Waals surface area contributed by atoms with Gasteiger partial charge in [0.2, 0.25) is 0 Å². The summed E-state index contributed by atoms with van der Waals surface area (Å²) in [6.45, 7) is 9.03. The Bertz CT molecular complexity index is 513. The molecule has 1 aromatic carbocycles. The first-order valence-corrected chi connectivity index (χ1v) is 9.05. The van der Waals surface area contributed by atoms with Crippen molar-refractivity contribution in [2.24, 2.45) is 5.92 Å². The number of urea groups is 1. The van der Waals surface area contributed by atoms with Gasteiger partial charge in [0.15, 0.2) is 0 Å². The number of hydrogen-bond acceptors (Lipinski definition) is 4. The summed E-state index contributed by atoms with van der Waals surface area (Å²) in [6, 6.07) is 7.93. The van der Waals surface area contributed by atoms with Crippen LogP contribution in [-0.2, 0) is 11.3 Å². The zero-order valence-corrected chi connectivity index (χ0v) is 15.6. The standard InChI is InChI=1S/C19H31N3O3/c1-15(2)12-17(22-8-10-25-11-9-22)14-21-19(23)20-13-16-4-6-18(24-3)7-5-16/h4-7,15,17H,8-14H2,1-3H3,(H2,20,21,23)/t17-/m1/s1. The SMILES string of the molecule is COc1ccc(CNC(=O)NC[C@@H](CC(C)C)N2CCOCC2)cc1. The second kappa shape index (κ2) is 10.3. The predicted octanol–water partition coefficient (Wildman–Crippen LogP) is 2.24. The van der Waals surface area contributed by atoms with Gasteiger partial charge < -0.3 is 20.1 Å². The molecule has 2 amide bonds. The fourth-order valence-electron chi connectivity index (χ4n) is 3.05. The monoisotopic (exact) mass is 349 g/mol. The average Bonchev–Trinajstić information content (AvgIpc) is 2.64. The fraction of sp³-hybridized carbons (Fsp3) is 0.632. The van der Waals surface area contributed by atoms with Crippen LogP contribution in [0, 0.1) is 5.92 Å². The highest BCUT2D eigenvalue weighted by Gasteiger charge is 2.22. The molecule has 1 aliphatic rings. The summed E-state index contributed by atoms with van der Waals surface area (Å²) in [5.41, 5.74) is 1.04. The zero-order chi connectivity index (χ0) is 18.1. The highest BCUT2D eigenvalue weighted by atomic mass is 16.5. The number of methoxy groups -OCH3 is 1. The minimum Gasteiger partial charge on any atom is -0.497 e. The number of amides is 2. The lowest BCUT2D eigenvalue weighted by molar-refractivity contribution is 0.0129. The van der Waals surface area contributed by atoms with E-state index in [9.17, 15) is 4.79 Å². The molecule has 25 heavy (non-hydrogen) atoms. The van der Waals surface area contributed by atoms with Gasteiger partial charge in [-0.1, -0.05) is 26.0 Å². The molecule has 0 bridgehead atoms. The van der Waals surface area contributed by atoms with E-state index < -0.39 is 0 Å². The zero-order valence-electron chi connectivity index (χ0n) is 15.6. The highest BCUT2D eigenvalue weighted by molar-refractivity contribution is 5.73. The number of nitrogens with zero attached hydrogens (tertiary/aromatic N) is 1. The van der Waals surface area contributed by atoms with Crippen molar-refractivity contribution in [3.63, 3.8) is 0 Å². The molecule has 1 aliphatic heterocycles. The van der Waals surface area contributed by atoms with E-state index in [4.69, 9.17) is 9.47 Å². The lowest BCUT2D eigenvalue weighted by Crippen LogP contribution is -2.50. The lowest BCUT2D eigenvalue weighted by Gasteiger charge is -2.35. The van der Waals surface area contributed by atoms with Gasteiger partial charge in [-0.3, -0.25) is 4.90 Å². The Kier molecular flexibility index (Phi) is 8.01. The first kappa shape index (κ1) is 19.5. The van der Waals surface area contributed by atoms with E-state index in [-0.39, 0.29) is 6.03 Å². The molecule has 0 saturated carbocycles. The van der Waals surface area contributed by atoms with Crippen LogP contribution in [0.2, 0.25) is 0 Å². The van der Waals surface area contributed by atoms with Crippen molar-refractivity contribution in [2.75, 3.05) is 40.0 Å². The van der Waals surface area contributed by atoms with Crippen molar-refractivity contribution in [3.8, 4) is 5.75 Å². The second-order valence-electron chi connectivity index (χ2n) is 6.84. The van der Waals surface area contributed by atoms with E-state index in [1.807, 2.05) is 24.3 Å². The molecular formula is C19H31N3O3. The number of hydrogen-bond donors (Lipinski definition) is 2. The van der Waals surface area contributed by atoms with Crippen LogP contribution in [0.1, 0.15) is 25.8 Å². The van der Waals surface area contributed by atoms with Crippen molar-refractivity contribution >= 4 is 6.03 Å². The number of rotatable bonds is 8. The largest absolute Gasteiger partial charge is 0.497 e. The maximum atomic E-state index is 12.1. The lowest BCUT2D eigenvalue weighted by atomic mass is 10.0. The maximum Gasteiger partial charge on any atom is 0.315 e. The van der Waals surface area contributed by atoms with Crippen molar-refractivity contribution in [3.05, 3.63) is 29.8 Å². The van der Waals surface area contributed by atoms with Crippen LogP contribution in [0.4, 0.5) is 4.79 Å². The summed E-state index contributed by atoms with van der Waals surface area (Å²) in [6.07, 6.45) is 1.07. The molecule has 0 aliphatic carbocycles. The third kappa shape index (κ3) is 6.92. The van der Waals surface area contributed by atoms with Crippen molar-refractivity contribution < 1.29 is 14.3 Å². The average molecular weight is 349 g/mol. The normalized spacial score (nSPS) is 16.5. The Balaban J connectivity index is 1.76. The Morgan fingerprint density at radius 2 is 1.88 bits per heavy atom. The molecule has 1 heterocycles. The van der Waals surface area contributed by atoms with E-state index in [0.717, 1.165) is 44.0 Å². The Labute approximate surface area is 150 Å². The number of carbonyl (C=O) groups excluding carboxylic acids is 1. The van der Waals surface area contributed by atoms with Gasteiger partial charge in [-0.05, 0) is 30.0 Å². The molecule has 0 radical (unpaired) electrons. The molecule has 1 atom stereocenters. The molecule has 0 unspecified atom stereocenters. The van der Waals surface area contributed by atoms with E-state index in [2.05, 4.69) is 29.4 Å². The van der Waals surface area contributed by atoms with Gasteiger partial charge in [-0.25, -0.2) is 4.79 Å². The van der Waals surface area contributed by atoms with Gasteiger partial charge in [-0.15, -0.1) is 0 Å². The summed E-state index contributed by atoms with van der Waals surface area (Å²) in [7, 11) is 1.64. The van der Waals surface area contributed by atoms with Gasteiger partial charge in [0.1, 0.15) is 5.75 Å². The van der Waals surface area contributed by atoms with E-state index in [1.54, 1.807) is 7.11 Å². The number of morpholine rings is 1. The maximum absolute atomic E-state index is 12.1. The highest BCUT2D eigenvalue weighted by Crippen LogP contribution is 2.13. The van der Waals surface area contributed by atoms with Crippen LogP contribution in [0.25, 0.3) is 0 Å². The molecule has 1 saturated heterocycles. The summed E-state index contributed by atoms with van der Waals surface area (Å²) in [4.78, 5) is 14.5. The first-order valence-electron chi connectivity index (χ1n) is 9.05. The van der Waals surface area contributed by atoms with Crippen molar-refractivity contribution in [2.45, 2.75) is 32.9 Å². The van der Waals surface area contributed by atoms with Gasteiger partial charge >= 0.3 is 6.03 Å². The summed E-state index contributed by atoms with van der Waals surface area (Å²) >= 11 is 0. The van der Waals surface area contributed by atoms with Gasteiger partial charge in [0, 0.05) is 32.2 Å². The van der Waals surface area contributed by atoms with Crippen LogP contribution >= 0.6 is 0 Å². The van der Waals surface area contributed by atoms with Crippen LogP contribution < -0.4 is 15.4 Å². The summed E-state index contributed by atoms with van der Waals surface area (Å²) in [5, 5.41) is 5.93. The van der Waals surface area contributed by atoms with Gasteiger partial charge in [-0.2, -0.15) is 0 Å². The number of ether oxygens (including phenoxy) is 2. The third-order valence-electron chi connectivity index (χ3n) is 4.42. The number of benzene rings is 1. The Morgan fingerprint density at radius 3 is 2.48 bits per heavy atom. The second-order valence-corrected chi connectivity index (χ2v) is 6.84. The molecule has 0 spiro atoms. The summed E-state index contributed by atoms with van der Waals surface area (Å²) < 4.78 is 10.6. The molecule has 1 aromatic rings. The fourth-order valence-corrected chi connectivity index (χ4v) is 3.05. The third-order valence-corrected chi connectivity index (χ3v) is 4.42. The minimum absolute atomic E-state index is 0.127. The van der Waals surface area contributed by atoms with Crippen LogP contribution in [-0.4, -0.2) is 56.9 Å². The van der Waals surface area contributed by atoms with Crippen LogP contribution in [0.3, 0.4) is 0 Å². The van der Waals surface area contributed by atoms with Crippen LogP contribution in [0.5, 0.6) is 5.75 Å². The van der Waals surface area contributed by atoms with Gasteiger partial charge in [0.25, 0.3) is 0 Å². The molecule has 0 aromatic heterocycles. The predicted molar refractivity (Wildman–Crippen MR) is 98.9 cm³/mol. The first-order chi connectivity index (χ1) is 12.1. The van der Waals surface area contributed by atoms with Crippen molar-refractivity contribution in [1.29, 1.82) is 0 Å². The van der Waals surface area contributed by atoms with Crippen LogP contribution in [0.15, 0.2) is 24.3 Å². The molecule has 140 valence electrons. The minimum atomic E-state index is -0.127. The quantitative estimate of drug-likeness (QED) is 0.756. The molecular weight excluding hydrogens is 318 g/mol. The Morgan fingerprint density at radius 1 is 1.20 bits per heavy atom. The van der Waals surface area contributed by atoms with E-state index in [0.29, 0.717) is 25.0 Å². The van der Waals surface area contributed by atoms with E-state index in [1.165, 1.54) is 0 Å². The molecule has 6 heteroatoms. The Hall–Kier alpha value is -1.79. The van der Waals surface area contributed by atoms with E-state index >= 15 is 0 Å². The molecule has 6 nitrogen and oxygen atoms in total. The molecule has 1 fully saturated rings. The smallest absolute Gasteiger partial charge is 0.315 e. The number of carbonyl (C=O) groups is 1. The molecule has 2 N–H and O–H groups in total. The summed E-state index contributed by atoms with van der Waals surface area (Å²) in [5.74, 6) is 1.41. The van der Waals surface area contributed by atoms with Gasteiger partial charge in [0.05, 0.1) is 20.3 Å². The topological polar surface area (TPSA) is 62.8 Å². The molecule has 2 rings (SSSR count). The number of nitrogens with one attached hydrogen (secondary N) is 2. The van der Waals surface area contributed by atoms with Crippen molar-refractivity contribution in [1.82, 2.24) is 15.5 Å².